The third-order valence-electron chi connectivity index (χ3n) is 6.85. The van der Waals surface area contributed by atoms with Gasteiger partial charge in [-0.3, -0.25) is 34.8 Å². The third-order valence-corrected chi connectivity index (χ3v) is 6.85. The highest BCUT2D eigenvalue weighted by Gasteiger charge is 2.37. The van der Waals surface area contributed by atoms with Gasteiger partial charge in [-0.15, -0.1) is 12.4 Å². The lowest BCUT2D eigenvalue weighted by atomic mass is 10.0. The molecule has 1 fully saturated rings. The van der Waals surface area contributed by atoms with Crippen molar-refractivity contribution < 1.29 is 38.6 Å². The highest BCUT2D eigenvalue weighted by Crippen LogP contribution is 2.17. The maximum absolute atomic E-state index is 13.2. The number of halogens is 1. The molecule has 0 radical (unpaired) electrons. The molecule has 0 aromatic heterocycles. The first kappa shape index (κ1) is 36.7. The van der Waals surface area contributed by atoms with E-state index in [1.54, 1.807) is 24.3 Å². The van der Waals surface area contributed by atoms with Crippen molar-refractivity contribution in [1.29, 1.82) is 10.8 Å². The van der Waals surface area contributed by atoms with Gasteiger partial charge in [0.25, 0.3) is 11.8 Å². The summed E-state index contributed by atoms with van der Waals surface area (Å²) in [6.45, 7) is -0.575. The minimum absolute atomic E-state index is 0. The van der Waals surface area contributed by atoms with E-state index in [2.05, 4.69) is 20.7 Å². The number of aliphatic carboxylic acids is 1. The molecule has 0 saturated carbocycles. The Morgan fingerprint density at radius 3 is 2.11 bits per heavy atom. The van der Waals surface area contributed by atoms with E-state index in [0.29, 0.717) is 29.5 Å². The smallest absolute Gasteiger partial charge is 0.413 e. The Bertz CT molecular complexity index is 1450. The first-order chi connectivity index (χ1) is 21.5. The van der Waals surface area contributed by atoms with Crippen LogP contribution in [-0.2, 0) is 25.7 Å². The summed E-state index contributed by atoms with van der Waals surface area (Å²) in [6, 6.07) is 11.4. The summed E-state index contributed by atoms with van der Waals surface area (Å²) in [5, 5.41) is 31.1. The summed E-state index contributed by atoms with van der Waals surface area (Å²) < 4.78 is 4.35. The number of rotatable bonds is 14. The van der Waals surface area contributed by atoms with Crippen LogP contribution in [0.2, 0.25) is 0 Å². The van der Waals surface area contributed by atoms with Gasteiger partial charge in [0.1, 0.15) is 18.4 Å². The Hall–Kier alpha value is -5.51. The highest BCUT2D eigenvalue weighted by atomic mass is 35.5. The van der Waals surface area contributed by atoms with Crippen molar-refractivity contribution in [2.75, 3.05) is 32.7 Å². The van der Waals surface area contributed by atoms with Gasteiger partial charge in [0.05, 0.1) is 6.54 Å². The first-order valence-corrected chi connectivity index (χ1v) is 13.8. The van der Waals surface area contributed by atoms with E-state index in [0.717, 1.165) is 4.90 Å². The molecule has 8 N–H and O–H groups in total. The molecule has 0 spiro atoms. The van der Waals surface area contributed by atoms with Crippen LogP contribution >= 0.6 is 12.4 Å². The Kier molecular flexibility index (Phi) is 14.1. The number of piperazine rings is 1. The maximum atomic E-state index is 13.2. The molecule has 2 aromatic rings. The molecule has 246 valence electrons. The van der Waals surface area contributed by atoms with E-state index in [1.165, 1.54) is 29.2 Å². The van der Waals surface area contributed by atoms with Crippen LogP contribution in [0.3, 0.4) is 0 Å². The number of hydrogen-bond acceptors (Lipinski definition) is 9. The minimum Gasteiger partial charge on any atom is -0.480 e. The van der Waals surface area contributed by atoms with Crippen LogP contribution in [0.15, 0.2) is 48.5 Å². The number of carboxylic acids is 1. The number of nitrogens with one attached hydrogen (secondary N) is 5. The number of amidine groups is 1. The highest BCUT2D eigenvalue weighted by molar-refractivity contribution is 5.99. The SMILES string of the molecule is Cl.N=COC(=O)NCc1ccc(C(=O)NCC(=O)N2CCN(CC(=O)O)C(=O)[C@@H]2CCCNC(=O)c2ccc(C(=N)N)cc2)cc1. The second-order valence-electron chi connectivity index (χ2n) is 9.90. The molecule has 1 heterocycles. The molecule has 3 rings (SSSR count). The second-order valence-corrected chi connectivity index (χ2v) is 9.90. The van der Waals surface area contributed by atoms with Crippen LogP contribution in [0.25, 0.3) is 0 Å². The number of carboxylic acid groups (broad SMARTS) is 1. The van der Waals surface area contributed by atoms with Crippen molar-refractivity contribution in [1.82, 2.24) is 25.8 Å². The molecular formula is C29H35ClN8O8. The Labute approximate surface area is 270 Å². The van der Waals surface area contributed by atoms with Gasteiger partial charge < -0.3 is 41.3 Å². The second kappa shape index (κ2) is 17.7. The molecule has 1 aliphatic rings. The number of hydrogen-bond donors (Lipinski definition) is 7. The zero-order valence-electron chi connectivity index (χ0n) is 24.6. The summed E-state index contributed by atoms with van der Waals surface area (Å²) in [5.41, 5.74) is 7.16. The lowest BCUT2D eigenvalue weighted by Crippen LogP contribution is -2.60. The molecule has 1 aliphatic heterocycles. The van der Waals surface area contributed by atoms with Crippen molar-refractivity contribution >= 4 is 60.3 Å². The van der Waals surface area contributed by atoms with Gasteiger partial charge in [0.2, 0.25) is 11.8 Å². The van der Waals surface area contributed by atoms with E-state index >= 15 is 0 Å². The number of nitrogens with two attached hydrogens (primary N) is 1. The van der Waals surface area contributed by atoms with Crippen molar-refractivity contribution in [3.63, 3.8) is 0 Å². The van der Waals surface area contributed by atoms with E-state index in [4.69, 9.17) is 16.6 Å². The van der Waals surface area contributed by atoms with Crippen LogP contribution in [0.4, 0.5) is 4.79 Å². The van der Waals surface area contributed by atoms with Gasteiger partial charge in [-0.25, -0.2) is 4.79 Å². The van der Waals surface area contributed by atoms with E-state index in [1.807, 2.05) is 0 Å². The zero-order chi connectivity index (χ0) is 32.9. The first-order valence-electron chi connectivity index (χ1n) is 13.8. The quantitative estimate of drug-likeness (QED) is 0.0836. The van der Waals surface area contributed by atoms with Crippen LogP contribution in [0, 0.1) is 10.8 Å². The van der Waals surface area contributed by atoms with Gasteiger partial charge in [-0.05, 0) is 42.7 Å². The van der Waals surface area contributed by atoms with Crippen LogP contribution < -0.4 is 21.7 Å². The largest absolute Gasteiger partial charge is 0.480 e. The minimum atomic E-state index is -1.19. The van der Waals surface area contributed by atoms with Crippen molar-refractivity contribution in [3.8, 4) is 0 Å². The van der Waals surface area contributed by atoms with Gasteiger partial charge in [-0.2, -0.15) is 0 Å². The molecule has 1 atom stereocenters. The average Bonchev–Trinajstić information content (AvgIpc) is 3.02. The molecule has 0 bridgehead atoms. The third kappa shape index (κ3) is 10.6. The van der Waals surface area contributed by atoms with Gasteiger partial charge in [-0.1, -0.05) is 24.3 Å². The van der Waals surface area contributed by atoms with Crippen molar-refractivity contribution in [2.45, 2.75) is 25.4 Å². The van der Waals surface area contributed by atoms with E-state index in [9.17, 15) is 33.9 Å². The molecule has 0 aliphatic carbocycles. The fraction of sp³-hybridized carbons (Fsp3) is 0.310. The standard InChI is InChI=1S/C29H34N8O8.ClH/c30-17-45-29(44)35-14-18-3-5-20(6-4-18)27(42)34-15-23(38)37-13-12-36(16-24(39)40)28(43)22(37)2-1-11-33-26(41)21-9-7-19(8-10-21)25(31)32;/h3-10,17,22,30H,1-2,11-16H2,(H3,31,32)(H,33,41)(H,34,42)(H,35,44)(H,39,40);1H/t22-;/m0./s1. The summed E-state index contributed by atoms with van der Waals surface area (Å²) >= 11 is 0. The average molecular weight is 659 g/mol. The Morgan fingerprint density at radius 1 is 0.935 bits per heavy atom. The molecule has 2 aromatic carbocycles. The van der Waals surface area contributed by atoms with Crippen molar-refractivity contribution in [3.05, 3.63) is 70.8 Å². The predicted molar refractivity (Wildman–Crippen MR) is 167 cm³/mol. The molecule has 0 unspecified atom stereocenters. The topological polar surface area (TPSA) is 248 Å². The fourth-order valence-corrected chi connectivity index (χ4v) is 4.54. The van der Waals surface area contributed by atoms with E-state index < -0.39 is 48.9 Å². The number of carbonyl (C=O) groups excluding carboxylic acids is 5. The number of alkyl carbamates (subject to hydrolysis) is 1. The lowest BCUT2D eigenvalue weighted by Gasteiger charge is -2.40. The Morgan fingerprint density at radius 2 is 1.52 bits per heavy atom. The van der Waals surface area contributed by atoms with Crippen LogP contribution in [-0.4, -0.2) is 102 Å². The summed E-state index contributed by atoms with van der Waals surface area (Å²) in [6.07, 6.45) is 0.137. The monoisotopic (exact) mass is 658 g/mol. The predicted octanol–water partition coefficient (Wildman–Crippen LogP) is 0.290. The number of ether oxygens (including phenoxy) is 1. The number of benzene rings is 2. The molecule has 1 saturated heterocycles. The molecule has 16 nitrogen and oxygen atoms in total. The number of carbonyl (C=O) groups is 6. The van der Waals surface area contributed by atoms with Crippen LogP contribution in [0.5, 0.6) is 0 Å². The Balaban J connectivity index is 0.00000736. The van der Waals surface area contributed by atoms with Crippen LogP contribution in [0.1, 0.15) is 44.7 Å². The van der Waals surface area contributed by atoms with Gasteiger partial charge in [0, 0.05) is 42.9 Å². The van der Waals surface area contributed by atoms with E-state index in [-0.39, 0.29) is 62.3 Å². The fourth-order valence-electron chi connectivity index (χ4n) is 4.54. The lowest BCUT2D eigenvalue weighted by molar-refractivity contribution is -0.155. The maximum Gasteiger partial charge on any atom is 0.413 e. The van der Waals surface area contributed by atoms with Crippen molar-refractivity contribution in [2.24, 2.45) is 5.73 Å². The number of amides is 5. The van der Waals surface area contributed by atoms with Gasteiger partial charge in [0.15, 0.2) is 6.40 Å². The molecule has 17 heteroatoms. The summed E-state index contributed by atoms with van der Waals surface area (Å²) in [5.74, 6) is -3.31. The molecule has 5 amide bonds. The van der Waals surface area contributed by atoms with Gasteiger partial charge >= 0.3 is 12.1 Å². The zero-order valence-corrected chi connectivity index (χ0v) is 25.4. The summed E-state index contributed by atoms with van der Waals surface area (Å²) in [4.78, 5) is 76.5. The molecule has 46 heavy (non-hydrogen) atoms. The molecular weight excluding hydrogens is 624 g/mol. The number of nitrogen functional groups attached to an aromatic ring is 1. The normalized spacial score (nSPS) is 13.9. The summed E-state index contributed by atoms with van der Waals surface area (Å²) in [7, 11) is 0. The number of nitrogens with zero attached hydrogens (tertiary/aromatic N) is 2.